The fraction of sp³-hybridized carbons (Fsp3) is 0.864. The number of unbranched alkanes of at least 4 members (excludes halogenated alkanes) is 38. The summed E-state index contributed by atoms with van der Waals surface area (Å²) in [5, 5.41) is 23.1. The minimum atomic E-state index is -0.858. The van der Waals surface area contributed by atoms with Gasteiger partial charge in [0.1, 0.15) is 0 Å². The number of esters is 1. The van der Waals surface area contributed by atoms with E-state index in [1.807, 2.05) is 6.08 Å². The first-order valence-corrected chi connectivity index (χ1v) is 28.8. The number of ether oxygens (including phenoxy) is 1. The van der Waals surface area contributed by atoms with Crippen LogP contribution in [0.5, 0.6) is 0 Å². The van der Waals surface area contributed by atoms with Crippen molar-refractivity contribution in [1.29, 1.82) is 0 Å². The first-order valence-electron chi connectivity index (χ1n) is 28.8. The summed E-state index contributed by atoms with van der Waals surface area (Å²) in [5.41, 5.74) is 0. The maximum absolute atomic E-state index is 12.5. The SMILES string of the molecule is CCCCC/C=C\C/C=C\CCCCCCCCCCCC(=O)OCCCCCCCCCCCCCC(=O)NC(CO)C(O)/C=C/CCCCCCCCCCCCCCCCCC. The van der Waals surface area contributed by atoms with Crippen LogP contribution in [0.2, 0.25) is 0 Å². The topological polar surface area (TPSA) is 95.9 Å². The summed E-state index contributed by atoms with van der Waals surface area (Å²) in [5.74, 6) is -0.105. The molecule has 0 saturated heterocycles. The molecule has 2 atom stereocenters. The lowest BCUT2D eigenvalue weighted by molar-refractivity contribution is -0.143. The quantitative estimate of drug-likeness (QED) is 0.0321. The zero-order valence-corrected chi connectivity index (χ0v) is 43.5. The molecule has 0 rings (SSSR count). The Balaban J connectivity index is 3.49. The van der Waals surface area contributed by atoms with Crippen molar-refractivity contribution in [1.82, 2.24) is 5.32 Å². The van der Waals surface area contributed by atoms with Gasteiger partial charge in [-0.15, -0.1) is 0 Å². The van der Waals surface area contributed by atoms with Gasteiger partial charge in [0.25, 0.3) is 0 Å². The first-order chi connectivity index (χ1) is 32.0. The molecule has 0 aromatic heterocycles. The highest BCUT2D eigenvalue weighted by Crippen LogP contribution is 2.16. The van der Waals surface area contributed by atoms with E-state index in [2.05, 4.69) is 43.5 Å². The minimum absolute atomic E-state index is 0.0190. The Morgan fingerprint density at radius 3 is 1.20 bits per heavy atom. The van der Waals surface area contributed by atoms with Gasteiger partial charge in [-0.1, -0.05) is 262 Å². The standard InChI is InChI=1S/C59H111NO5/c1-3-5-7-9-11-13-15-17-19-21-23-25-27-29-33-37-41-45-49-53-59(64)65-54-50-46-42-38-34-30-32-36-40-44-48-52-58(63)60-56(55-61)57(62)51-47-43-39-35-31-28-26-24-22-20-18-16-14-12-10-8-6-4-2/h11,13,17,19,47,51,56-57,61-62H,3-10,12,14-16,18,20-46,48-50,52-55H2,1-2H3,(H,60,63)/b13-11-,19-17-,51-47+. The summed E-state index contributed by atoms with van der Waals surface area (Å²) >= 11 is 0. The Morgan fingerprint density at radius 2 is 0.769 bits per heavy atom. The predicted molar refractivity (Wildman–Crippen MR) is 283 cm³/mol. The molecule has 0 saturated carbocycles. The van der Waals surface area contributed by atoms with Crippen LogP contribution in [0.25, 0.3) is 0 Å². The lowest BCUT2D eigenvalue weighted by Crippen LogP contribution is -2.45. The van der Waals surface area contributed by atoms with Gasteiger partial charge >= 0.3 is 5.97 Å². The summed E-state index contributed by atoms with van der Waals surface area (Å²) in [4.78, 5) is 24.6. The fourth-order valence-corrected chi connectivity index (χ4v) is 8.72. The number of aliphatic hydroxyl groups excluding tert-OH is 2. The lowest BCUT2D eigenvalue weighted by atomic mass is 10.0. The van der Waals surface area contributed by atoms with Crippen molar-refractivity contribution in [2.45, 2.75) is 315 Å². The van der Waals surface area contributed by atoms with Gasteiger partial charge in [-0.05, 0) is 64.2 Å². The Bertz CT molecular complexity index is 1060. The number of nitrogens with one attached hydrogen (secondary N) is 1. The third-order valence-corrected chi connectivity index (χ3v) is 13.2. The maximum Gasteiger partial charge on any atom is 0.305 e. The second-order valence-electron chi connectivity index (χ2n) is 19.6. The van der Waals surface area contributed by atoms with Gasteiger partial charge in [0.05, 0.1) is 25.4 Å². The summed E-state index contributed by atoms with van der Waals surface area (Å²) in [6.07, 6.45) is 67.2. The van der Waals surface area contributed by atoms with Crippen LogP contribution < -0.4 is 5.32 Å². The molecule has 0 fully saturated rings. The minimum Gasteiger partial charge on any atom is -0.466 e. The molecule has 0 aliphatic rings. The van der Waals surface area contributed by atoms with Gasteiger partial charge in [-0.3, -0.25) is 9.59 Å². The van der Waals surface area contributed by atoms with Crippen molar-refractivity contribution in [2.24, 2.45) is 0 Å². The van der Waals surface area contributed by atoms with Gasteiger partial charge < -0.3 is 20.3 Å². The highest BCUT2D eigenvalue weighted by atomic mass is 16.5. The van der Waals surface area contributed by atoms with Gasteiger partial charge in [-0.25, -0.2) is 0 Å². The molecule has 0 aliphatic carbocycles. The van der Waals surface area contributed by atoms with Gasteiger partial charge in [0.2, 0.25) is 5.91 Å². The fourth-order valence-electron chi connectivity index (χ4n) is 8.72. The number of carbonyl (C=O) groups excluding carboxylic acids is 2. The average molecular weight is 915 g/mol. The molecule has 65 heavy (non-hydrogen) atoms. The molecule has 2 unspecified atom stereocenters. The smallest absolute Gasteiger partial charge is 0.305 e. The number of amides is 1. The van der Waals surface area contributed by atoms with Gasteiger partial charge in [0, 0.05) is 12.8 Å². The van der Waals surface area contributed by atoms with Crippen LogP contribution in [0, 0.1) is 0 Å². The number of hydrogen-bond donors (Lipinski definition) is 3. The highest BCUT2D eigenvalue weighted by molar-refractivity contribution is 5.76. The van der Waals surface area contributed by atoms with Crippen LogP contribution in [-0.4, -0.2) is 47.4 Å². The summed E-state index contributed by atoms with van der Waals surface area (Å²) in [7, 11) is 0. The normalized spacial score (nSPS) is 12.9. The Morgan fingerprint density at radius 1 is 0.431 bits per heavy atom. The third kappa shape index (κ3) is 51.3. The number of aliphatic hydroxyl groups is 2. The number of rotatable bonds is 53. The number of allylic oxidation sites excluding steroid dienone is 5. The monoisotopic (exact) mass is 914 g/mol. The molecule has 382 valence electrons. The van der Waals surface area contributed by atoms with Crippen LogP contribution in [0.3, 0.4) is 0 Å². The van der Waals surface area contributed by atoms with Crippen molar-refractivity contribution >= 4 is 11.9 Å². The molecule has 0 heterocycles. The van der Waals surface area contributed by atoms with E-state index in [0.717, 1.165) is 64.2 Å². The summed E-state index contributed by atoms with van der Waals surface area (Å²) < 4.78 is 5.48. The van der Waals surface area contributed by atoms with E-state index in [-0.39, 0.29) is 18.5 Å². The van der Waals surface area contributed by atoms with E-state index >= 15 is 0 Å². The Labute approximate surface area is 404 Å². The van der Waals surface area contributed by atoms with Crippen LogP contribution in [-0.2, 0) is 14.3 Å². The van der Waals surface area contributed by atoms with Crippen LogP contribution >= 0.6 is 0 Å². The maximum atomic E-state index is 12.5. The molecule has 3 N–H and O–H groups in total. The third-order valence-electron chi connectivity index (χ3n) is 13.2. The lowest BCUT2D eigenvalue weighted by Gasteiger charge is -2.20. The molecule has 1 amide bonds. The van der Waals surface area contributed by atoms with Crippen molar-refractivity contribution in [2.75, 3.05) is 13.2 Å². The first kappa shape index (κ1) is 63.1. The second-order valence-corrected chi connectivity index (χ2v) is 19.6. The van der Waals surface area contributed by atoms with E-state index < -0.39 is 12.1 Å². The average Bonchev–Trinajstić information content (AvgIpc) is 3.31. The molecule has 0 aromatic rings. The zero-order valence-electron chi connectivity index (χ0n) is 43.5. The van der Waals surface area contributed by atoms with Crippen molar-refractivity contribution in [3.63, 3.8) is 0 Å². The number of hydrogen-bond acceptors (Lipinski definition) is 5. The zero-order chi connectivity index (χ0) is 47.2. The van der Waals surface area contributed by atoms with Crippen molar-refractivity contribution in [3.05, 3.63) is 36.5 Å². The molecule has 0 spiro atoms. The molecular formula is C59H111NO5. The van der Waals surface area contributed by atoms with E-state index in [1.165, 1.54) is 212 Å². The van der Waals surface area contributed by atoms with Crippen molar-refractivity contribution < 1.29 is 24.5 Å². The molecule has 6 heteroatoms. The molecule has 0 bridgehead atoms. The van der Waals surface area contributed by atoms with Gasteiger partial charge in [-0.2, -0.15) is 0 Å². The largest absolute Gasteiger partial charge is 0.466 e. The molecule has 0 aliphatic heterocycles. The molecule has 0 radical (unpaired) electrons. The van der Waals surface area contributed by atoms with E-state index in [1.54, 1.807) is 6.08 Å². The van der Waals surface area contributed by atoms with Crippen molar-refractivity contribution in [3.8, 4) is 0 Å². The Hall–Kier alpha value is -1.92. The summed E-state index contributed by atoms with van der Waals surface area (Å²) in [6.45, 7) is 4.85. The van der Waals surface area contributed by atoms with Gasteiger partial charge in [0.15, 0.2) is 0 Å². The predicted octanol–water partition coefficient (Wildman–Crippen LogP) is 17.6. The van der Waals surface area contributed by atoms with Crippen LogP contribution in [0.1, 0.15) is 303 Å². The summed E-state index contributed by atoms with van der Waals surface area (Å²) in [6, 6.07) is -0.643. The van der Waals surface area contributed by atoms with Crippen LogP contribution in [0.4, 0.5) is 0 Å². The molecular weight excluding hydrogens is 803 g/mol. The second kappa shape index (κ2) is 54.7. The van der Waals surface area contributed by atoms with E-state index in [4.69, 9.17) is 4.74 Å². The number of carbonyl (C=O) groups is 2. The molecule has 0 aromatic carbocycles. The highest BCUT2D eigenvalue weighted by Gasteiger charge is 2.18. The molecule has 6 nitrogen and oxygen atoms in total. The van der Waals surface area contributed by atoms with E-state index in [9.17, 15) is 19.8 Å². The van der Waals surface area contributed by atoms with E-state index in [0.29, 0.717) is 19.4 Å². The van der Waals surface area contributed by atoms with Crippen LogP contribution in [0.15, 0.2) is 36.5 Å². The Kier molecular flexibility index (Phi) is 53.1.